The van der Waals surface area contributed by atoms with Gasteiger partial charge in [0.05, 0.1) is 5.69 Å². The van der Waals surface area contributed by atoms with E-state index in [4.69, 9.17) is 4.74 Å². The number of hydrogen-bond donors (Lipinski definition) is 2. The van der Waals surface area contributed by atoms with Gasteiger partial charge < -0.3 is 15.4 Å². The van der Waals surface area contributed by atoms with Crippen molar-refractivity contribution in [1.29, 1.82) is 0 Å². The van der Waals surface area contributed by atoms with Gasteiger partial charge in [0.1, 0.15) is 11.6 Å². The molecule has 1 heterocycles. The van der Waals surface area contributed by atoms with Crippen LogP contribution in [0.2, 0.25) is 0 Å². The van der Waals surface area contributed by atoms with Gasteiger partial charge in [0.25, 0.3) is 11.8 Å². The summed E-state index contributed by atoms with van der Waals surface area (Å²) in [4.78, 5) is 23.2. The van der Waals surface area contributed by atoms with Crippen LogP contribution in [0.5, 0.6) is 5.75 Å². The highest BCUT2D eigenvalue weighted by atomic mass is 16.5. The summed E-state index contributed by atoms with van der Waals surface area (Å²) in [5.74, 6) is 0.680. The van der Waals surface area contributed by atoms with Crippen LogP contribution in [0.3, 0.4) is 0 Å². The molecule has 22 heavy (non-hydrogen) atoms. The molecule has 2 aromatic rings. The van der Waals surface area contributed by atoms with Crippen LogP contribution in [0.15, 0.2) is 30.3 Å². The molecule has 7 nitrogen and oxygen atoms in total. The summed E-state index contributed by atoms with van der Waals surface area (Å²) in [6.45, 7) is 1.73. The summed E-state index contributed by atoms with van der Waals surface area (Å²) in [6.07, 6.45) is 0. The van der Waals surface area contributed by atoms with E-state index in [1.54, 1.807) is 49.1 Å². The van der Waals surface area contributed by atoms with E-state index in [9.17, 15) is 9.59 Å². The number of nitrogens with zero attached hydrogens (tertiary/aromatic N) is 2. The number of ether oxygens (including phenoxy) is 1. The molecule has 0 spiro atoms. The zero-order chi connectivity index (χ0) is 16.1. The van der Waals surface area contributed by atoms with Crippen molar-refractivity contribution in [2.24, 2.45) is 7.05 Å². The summed E-state index contributed by atoms with van der Waals surface area (Å²) in [7, 11) is 3.32. The van der Waals surface area contributed by atoms with Crippen LogP contribution in [-0.4, -0.2) is 35.2 Å². The molecule has 0 saturated carbocycles. The molecule has 2 rings (SSSR count). The number of carbonyl (C=O) groups excluding carboxylic acids is 2. The number of aromatic nitrogens is 2. The molecule has 1 aromatic carbocycles. The third-order valence-electron chi connectivity index (χ3n) is 2.98. The second-order valence-corrected chi connectivity index (χ2v) is 4.73. The topological polar surface area (TPSA) is 85.2 Å². The van der Waals surface area contributed by atoms with E-state index in [-0.39, 0.29) is 18.4 Å². The number of benzene rings is 1. The third-order valence-corrected chi connectivity index (χ3v) is 2.98. The number of aryl methyl sites for hydroxylation is 2. The molecule has 7 heteroatoms. The minimum atomic E-state index is -0.279. The summed E-state index contributed by atoms with van der Waals surface area (Å²) in [5, 5.41) is 9.39. The second kappa shape index (κ2) is 6.75. The number of hydrogen-bond acceptors (Lipinski definition) is 4. The first-order chi connectivity index (χ1) is 10.5. The van der Waals surface area contributed by atoms with Gasteiger partial charge in [-0.3, -0.25) is 14.3 Å². The van der Waals surface area contributed by atoms with Crippen LogP contribution in [0, 0.1) is 6.92 Å². The first-order valence-corrected chi connectivity index (χ1v) is 6.75. The molecule has 2 amide bonds. The molecule has 0 fully saturated rings. The van der Waals surface area contributed by atoms with Crippen molar-refractivity contribution in [1.82, 2.24) is 15.1 Å². The molecule has 0 unspecified atom stereocenters. The molecule has 0 aliphatic heterocycles. The number of carbonyl (C=O) groups is 2. The highest BCUT2D eigenvalue weighted by Gasteiger charge is 2.08. The lowest BCUT2D eigenvalue weighted by atomic mass is 10.2. The molecule has 0 radical (unpaired) electrons. The summed E-state index contributed by atoms with van der Waals surface area (Å²) < 4.78 is 6.97. The molecule has 0 bridgehead atoms. The molecule has 0 saturated heterocycles. The first-order valence-electron chi connectivity index (χ1n) is 6.75. The Hall–Kier alpha value is -2.83. The van der Waals surface area contributed by atoms with Crippen molar-refractivity contribution < 1.29 is 14.3 Å². The largest absolute Gasteiger partial charge is 0.484 e. The Balaban J connectivity index is 1.88. The van der Waals surface area contributed by atoms with E-state index in [0.29, 0.717) is 17.1 Å². The predicted octanol–water partition coefficient (Wildman–Crippen LogP) is 1.11. The van der Waals surface area contributed by atoms with Crippen LogP contribution in [0.1, 0.15) is 16.1 Å². The van der Waals surface area contributed by atoms with Crippen molar-refractivity contribution in [3.8, 4) is 5.75 Å². The maximum Gasteiger partial charge on any atom is 0.263 e. The Morgan fingerprint density at radius 1 is 1.27 bits per heavy atom. The molecule has 0 aliphatic rings. The van der Waals surface area contributed by atoms with Crippen molar-refractivity contribution in [3.63, 3.8) is 0 Å². The van der Waals surface area contributed by atoms with Gasteiger partial charge >= 0.3 is 0 Å². The number of rotatable bonds is 5. The lowest BCUT2D eigenvalue weighted by molar-refractivity contribution is -0.118. The Kier molecular flexibility index (Phi) is 4.77. The van der Waals surface area contributed by atoms with Crippen LogP contribution < -0.4 is 15.4 Å². The van der Waals surface area contributed by atoms with Crippen LogP contribution in [0.4, 0.5) is 5.82 Å². The Bertz CT molecular complexity index is 677. The lowest BCUT2D eigenvalue weighted by Crippen LogP contribution is -2.21. The fraction of sp³-hybridized carbons (Fsp3) is 0.267. The summed E-state index contributed by atoms with van der Waals surface area (Å²) >= 11 is 0. The van der Waals surface area contributed by atoms with Crippen molar-refractivity contribution in [2.45, 2.75) is 6.92 Å². The molecule has 0 aliphatic carbocycles. The Morgan fingerprint density at radius 3 is 2.50 bits per heavy atom. The maximum atomic E-state index is 11.8. The van der Waals surface area contributed by atoms with Crippen molar-refractivity contribution >= 4 is 17.6 Å². The van der Waals surface area contributed by atoms with Gasteiger partial charge in [-0.1, -0.05) is 0 Å². The zero-order valence-electron chi connectivity index (χ0n) is 12.7. The predicted molar refractivity (Wildman–Crippen MR) is 81.9 cm³/mol. The highest BCUT2D eigenvalue weighted by Crippen LogP contribution is 2.12. The lowest BCUT2D eigenvalue weighted by Gasteiger charge is -2.08. The second-order valence-electron chi connectivity index (χ2n) is 4.73. The normalized spacial score (nSPS) is 10.1. The van der Waals surface area contributed by atoms with E-state index in [1.165, 1.54) is 0 Å². The van der Waals surface area contributed by atoms with E-state index < -0.39 is 0 Å². The molecule has 116 valence electrons. The molecular formula is C15H18N4O3. The third kappa shape index (κ3) is 3.85. The van der Waals surface area contributed by atoms with Crippen molar-refractivity contribution in [2.75, 3.05) is 19.0 Å². The average Bonchev–Trinajstić information content (AvgIpc) is 2.82. The highest BCUT2D eigenvalue weighted by molar-refractivity contribution is 5.94. The maximum absolute atomic E-state index is 11.8. The monoisotopic (exact) mass is 302 g/mol. The van der Waals surface area contributed by atoms with E-state index in [1.807, 2.05) is 6.92 Å². The van der Waals surface area contributed by atoms with E-state index in [0.717, 1.165) is 5.69 Å². The SMILES string of the molecule is CNC(=O)c1ccc(OCC(=O)Nc2cc(C)nn2C)cc1. The van der Waals surface area contributed by atoms with Crippen LogP contribution in [0.25, 0.3) is 0 Å². The average molecular weight is 302 g/mol. The molecular weight excluding hydrogens is 284 g/mol. The molecule has 1 aromatic heterocycles. The van der Waals surface area contributed by atoms with Gasteiger partial charge in [-0.05, 0) is 31.2 Å². The van der Waals surface area contributed by atoms with Crippen molar-refractivity contribution in [3.05, 3.63) is 41.6 Å². The van der Waals surface area contributed by atoms with Gasteiger partial charge in [-0.2, -0.15) is 5.10 Å². The van der Waals surface area contributed by atoms with E-state index >= 15 is 0 Å². The number of anilines is 1. The Labute approximate surface area is 128 Å². The van der Waals surface area contributed by atoms with Gasteiger partial charge in [0.2, 0.25) is 0 Å². The first kappa shape index (κ1) is 15.6. The fourth-order valence-electron chi connectivity index (χ4n) is 1.90. The van der Waals surface area contributed by atoms with Gasteiger partial charge in [0, 0.05) is 25.7 Å². The minimum Gasteiger partial charge on any atom is -0.484 e. The summed E-state index contributed by atoms with van der Waals surface area (Å²) in [6, 6.07) is 8.33. The van der Waals surface area contributed by atoms with Gasteiger partial charge in [-0.15, -0.1) is 0 Å². The number of amides is 2. The van der Waals surface area contributed by atoms with Gasteiger partial charge in [-0.25, -0.2) is 0 Å². The number of nitrogens with one attached hydrogen (secondary N) is 2. The van der Waals surface area contributed by atoms with E-state index in [2.05, 4.69) is 15.7 Å². The molecule has 0 atom stereocenters. The Morgan fingerprint density at radius 2 is 1.95 bits per heavy atom. The smallest absolute Gasteiger partial charge is 0.263 e. The molecule has 2 N–H and O–H groups in total. The van der Waals surface area contributed by atoms with Crippen LogP contribution in [-0.2, 0) is 11.8 Å². The van der Waals surface area contributed by atoms with Gasteiger partial charge in [0.15, 0.2) is 6.61 Å². The standard InChI is InChI=1S/C15H18N4O3/c1-10-8-13(19(3)18-10)17-14(20)9-22-12-6-4-11(5-7-12)15(21)16-2/h4-8H,9H2,1-3H3,(H,16,21)(H,17,20). The summed E-state index contributed by atoms with van der Waals surface area (Å²) in [5.41, 5.74) is 1.35. The van der Waals surface area contributed by atoms with Crippen LogP contribution >= 0.6 is 0 Å². The zero-order valence-corrected chi connectivity index (χ0v) is 12.7. The fourth-order valence-corrected chi connectivity index (χ4v) is 1.90. The quantitative estimate of drug-likeness (QED) is 0.866. The minimum absolute atomic E-state index is 0.121.